The maximum absolute atomic E-state index is 12.2. The van der Waals surface area contributed by atoms with E-state index in [1.54, 1.807) is 0 Å². The van der Waals surface area contributed by atoms with Crippen LogP contribution in [0, 0.1) is 5.92 Å². The number of carbonyl (C=O) groups excluding carboxylic acids is 1. The Morgan fingerprint density at radius 3 is 2.84 bits per heavy atom. The van der Waals surface area contributed by atoms with Crippen molar-refractivity contribution in [3.8, 4) is 0 Å². The van der Waals surface area contributed by atoms with Crippen LogP contribution in [0.3, 0.4) is 0 Å². The molecule has 106 valence electrons. The zero-order valence-corrected chi connectivity index (χ0v) is 11.3. The molecule has 0 aromatic heterocycles. The van der Waals surface area contributed by atoms with Crippen molar-refractivity contribution in [1.29, 1.82) is 0 Å². The molecule has 0 saturated carbocycles. The van der Waals surface area contributed by atoms with E-state index < -0.39 is 5.54 Å². The fourth-order valence-corrected chi connectivity index (χ4v) is 3.26. The van der Waals surface area contributed by atoms with Gasteiger partial charge in [0.1, 0.15) is 5.54 Å². The van der Waals surface area contributed by atoms with Gasteiger partial charge in [-0.05, 0) is 50.3 Å². The van der Waals surface area contributed by atoms with E-state index in [9.17, 15) is 4.79 Å². The van der Waals surface area contributed by atoms with Crippen LogP contribution < -0.4 is 5.32 Å². The summed E-state index contributed by atoms with van der Waals surface area (Å²) in [4.78, 5) is 17.2. The van der Waals surface area contributed by atoms with E-state index in [2.05, 4.69) is 20.2 Å². The molecular weight excluding hydrogens is 246 g/mol. The zero-order chi connectivity index (χ0) is 13.7. The summed E-state index contributed by atoms with van der Waals surface area (Å²) >= 11 is 0. The van der Waals surface area contributed by atoms with Gasteiger partial charge in [-0.15, -0.1) is 0 Å². The molecule has 1 unspecified atom stereocenters. The standard InChI is InChI=1S/C12H21N5O2/c1-19-11(18)12(14-5-2-6-15-16-13)9-17-7-3-10(12)4-8-17/h10,14H,2-9H2,1H3. The summed E-state index contributed by atoms with van der Waals surface area (Å²) in [7, 11) is 1.45. The van der Waals surface area contributed by atoms with E-state index in [1.165, 1.54) is 7.11 Å². The van der Waals surface area contributed by atoms with E-state index in [1.807, 2.05) is 0 Å². The molecular formula is C12H21N5O2. The Labute approximate surface area is 112 Å². The lowest BCUT2D eigenvalue weighted by Crippen LogP contribution is -2.70. The number of piperidine rings is 3. The Morgan fingerprint density at radius 1 is 1.58 bits per heavy atom. The highest BCUT2D eigenvalue weighted by Crippen LogP contribution is 2.36. The normalized spacial score (nSPS) is 32.7. The van der Waals surface area contributed by atoms with Gasteiger partial charge in [0.15, 0.2) is 0 Å². The number of nitrogens with zero attached hydrogens (tertiary/aromatic N) is 4. The molecule has 2 bridgehead atoms. The van der Waals surface area contributed by atoms with Crippen molar-refractivity contribution in [2.45, 2.75) is 24.8 Å². The van der Waals surface area contributed by atoms with Gasteiger partial charge in [-0.3, -0.25) is 0 Å². The minimum Gasteiger partial charge on any atom is -0.468 e. The molecule has 3 heterocycles. The molecule has 0 amide bonds. The first-order chi connectivity index (χ1) is 9.23. The van der Waals surface area contributed by atoms with E-state index in [0.29, 0.717) is 19.0 Å². The molecule has 1 N–H and O–H groups in total. The lowest BCUT2D eigenvalue weighted by atomic mass is 9.72. The van der Waals surface area contributed by atoms with Crippen LogP contribution in [0.15, 0.2) is 5.11 Å². The van der Waals surface area contributed by atoms with Crippen molar-refractivity contribution < 1.29 is 9.53 Å². The lowest BCUT2D eigenvalue weighted by Gasteiger charge is -2.51. The fourth-order valence-electron chi connectivity index (χ4n) is 3.26. The first-order valence-electron chi connectivity index (χ1n) is 6.79. The van der Waals surface area contributed by atoms with Crippen molar-refractivity contribution in [2.24, 2.45) is 11.0 Å². The molecule has 3 aliphatic heterocycles. The first kappa shape index (κ1) is 14.1. The number of ether oxygens (including phenoxy) is 1. The van der Waals surface area contributed by atoms with Crippen molar-refractivity contribution in [3.63, 3.8) is 0 Å². The smallest absolute Gasteiger partial charge is 0.327 e. The highest BCUT2D eigenvalue weighted by Gasteiger charge is 2.52. The van der Waals surface area contributed by atoms with Gasteiger partial charge in [0.25, 0.3) is 0 Å². The highest BCUT2D eigenvalue weighted by molar-refractivity contribution is 5.82. The number of azide groups is 1. The number of hydrogen-bond donors (Lipinski definition) is 1. The Balaban J connectivity index is 1.99. The van der Waals surface area contributed by atoms with Gasteiger partial charge < -0.3 is 15.0 Å². The van der Waals surface area contributed by atoms with Crippen molar-refractivity contribution in [1.82, 2.24) is 10.2 Å². The summed E-state index contributed by atoms with van der Waals surface area (Å²) in [6, 6.07) is 0. The van der Waals surface area contributed by atoms with Crippen LogP contribution in [0.2, 0.25) is 0 Å². The van der Waals surface area contributed by atoms with Crippen LogP contribution >= 0.6 is 0 Å². The molecule has 1 atom stereocenters. The van der Waals surface area contributed by atoms with Crippen molar-refractivity contribution >= 4 is 5.97 Å². The Hall–Kier alpha value is -1.30. The quantitative estimate of drug-likeness (QED) is 0.255. The number of nitrogens with one attached hydrogen (secondary N) is 1. The molecule has 0 aromatic carbocycles. The zero-order valence-electron chi connectivity index (χ0n) is 11.3. The summed E-state index contributed by atoms with van der Waals surface area (Å²) in [5, 5.41) is 6.88. The predicted molar refractivity (Wildman–Crippen MR) is 70.5 cm³/mol. The van der Waals surface area contributed by atoms with Crippen LogP contribution in [0.4, 0.5) is 0 Å². The molecule has 3 aliphatic rings. The largest absolute Gasteiger partial charge is 0.468 e. The van der Waals surface area contributed by atoms with Crippen LogP contribution in [-0.2, 0) is 9.53 Å². The second-order valence-corrected chi connectivity index (χ2v) is 5.25. The minimum atomic E-state index is -0.568. The fraction of sp³-hybridized carbons (Fsp3) is 0.917. The Morgan fingerprint density at radius 2 is 2.32 bits per heavy atom. The van der Waals surface area contributed by atoms with Crippen LogP contribution in [-0.4, -0.2) is 56.2 Å². The van der Waals surface area contributed by atoms with Crippen molar-refractivity contribution in [3.05, 3.63) is 10.4 Å². The average molecular weight is 267 g/mol. The van der Waals surface area contributed by atoms with E-state index in [4.69, 9.17) is 10.3 Å². The summed E-state index contributed by atoms with van der Waals surface area (Å²) < 4.78 is 5.01. The highest BCUT2D eigenvalue weighted by atomic mass is 16.5. The van der Waals surface area contributed by atoms with Gasteiger partial charge >= 0.3 is 5.97 Å². The third-order valence-electron chi connectivity index (χ3n) is 4.25. The summed E-state index contributed by atoms with van der Waals surface area (Å²) in [5.41, 5.74) is 7.67. The molecule has 0 aliphatic carbocycles. The van der Waals surface area contributed by atoms with E-state index in [0.717, 1.165) is 38.9 Å². The molecule has 0 aromatic rings. The van der Waals surface area contributed by atoms with Crippen LogP contribution in [0.1, 0.15) is 19.3 Å². The minimum absolute atomic E-state index is 0.161. The lowest BCUT2D eigenvalue weighted by molar-refractivity contribution is -0.158. The number of carbonyl (C=O) groups is 1. The van der Waals surface area contributed by atoms with E-state index in [-0.39, 0.29) is 5.97 Å². The number of hydrogen-bond acceptors (Lipinski definition) is 5. The van der Waals surface area contributed by atoms with E-state index >= 15 is 0 Å². The molecule has 7 heteroatoms. The third kappa shape index (κ3) is 2.83. The molecule has 3 rings (SSSR count). The number of fused-ring (bicyclic) bond motifs is 3. The van der Waals surface area contributed by atoms with Crippen LogP contribution in [0.5, 0.6) is 0 Å². The summed E-state index contributed by atoms with van der Waals surface area (Å²) in [5.74, 6) is 0.190. The number of esters is 1. The molecule has 19 heavy (non-hydrogen) atoms. The number of rotatable bonds is 6. The number of methoxy groups -OCH3 is 1. The monoisotopic (exact) mass is 267 g/mol. The maximum atomic E-state index is 12.2. The topological polar surface area (TPSA) is 90.3 Å². The van der Waals surface area contributed by atoms with Gasteiger partial charge in [0.05, 0.1) is 7.11 Å². The summed E-state index contributed by atoms with van der Waals surface area (Å²) in [6.45, 7) is 3.99. The van der Waals surface area contributed by atoms with Crippen molar-refractivity contribution in [2.75, 3.05) is 39.8 Å². The van der Waals surface area contributed by atoms with Gasteiger partial charge in [-0.25, -0.2) is 4.79 Å². The molecule has 3 saturated heterocycles. The van der Waals surface area contributed by atoms with Gasteiger partial charge in [-0.2, -0.15) is 0 Å². The van der Waals surface area contributed by atoms with Gasteiger partial charge in [-0.1, -0.05) is 5.11 Å². The second-order valence-electron chi connectivity index (χ2n) is 5.25. The van der Waals surface area contributed by atoms with Crippen LogP contribution in [0.25, 0.3) is 10.4 Å². The Kier molecular flexibility index (Phi) is 4.63. The van der Waals surface area contributed by atoms with Gasteiger partial charge in [0, 0.05) is 18.0 Å². The maximum Gasteiger partial charge on any atom is 0.327 e. The van der Waals surface area contributed by atoms with Gasteiger partial charge in [0.2, 0.25) is 0 Å². The SMILES string of the molecule is COC(=O)C1(NCCCN=[N+]=[N-])CN2CCC1CC2. The third-order valence-corrected chi connectivity index (χ3v) is 4.25. The average Bonchev–Trinajstić information content (AvgIpc) is 2.47. The molecule has 0 spiro atoms. The second kappa shape index (κ2) is 6.23. The Bertz CT molecular complexity index is 374. The molecule has 0 radical (unpaired) electrons. The summed E-state index contributed by atoms with van der Waals surface area (Å²) in [6.07, 6.45) is 2.81. The molecule has 7 nitrogen and oxygen atoms in total. The predicted octanol–water partition coefficient (Wildman–Crippen LogP) is 0.914. The molecule has 3 fully saturated rings. The first-order valence-corrected chi connectivity index (χ1v) is 6.79.